The number of benzene rings is 1. The first-order chi connectivity index (χ1) is 13.5. The molecule has 0 saturated carbocycles. The van der Waals surface area contributed by atoms with Crippen LogP contribution in [0.25, 0.3) is 0 Å². The number of piperidine rings is 1. The number of hydrogen-bond donors (Lipinski definition) is 1. The first kappa shape index (κ1) is 20.5. The number of carbonyl (C=O) groups excluding carboxylic acids is 2. The molecule has 0 radical (unpaired) electrons. The van der Waals surface area contributed by atoms with E-state index in [4.69, 9.17) is 0 Å². The number of aryl methyl sites for hydroxylation is 2. The molecule has 1 N–H and O–H groups in total. The average molecular weight is 385 g/mol. The average Bonchev–Trinajstić information content (AvgIpc) is 2.69. The fourth-order valence-electron chi connectivity index (χ4n) is 3.80. The minimum absolute atomic E-state index is 0.0607. The van der Waals surface area contributed by atoms with Gasteiger partial charge in [0.2, 0.25) is 5.91 Å². The van der Waals surface area contributed by atoms with E-state index in [1.54, 1.807) is 0 Å². The summed E-state index contributed by atoms with van der Waals surface area (Å²) in [6.07, 6.45) is 5.11. The van der Waals surface area contributed by atoms with Crippen LogP contribution in [-0.2, 0) is 9.59 Å². The quantitative estimate of drug-likeness (QED) is 0.819. The van der Waals surface area contributed by atoms with Crippen molar-refractivity contribution in [2.75, 3.05) is 24.6 Å². The lowest BCUT2D eigenvalue weighted by molar-refractivity contribution is -0.119. The third-order valence-corrected chi connectivity index (χ3v) is 5.64. The number of hydrogen-bond acceptors (Lipinski definition) is 4. The van der Waals surface area contributed by atoms with Crippen molar-refractivity contribution in [2.24, 2.45) is 5.10 Å². The van der Waals surface area contributed by atoms with Crippen LogP contribution in [0.5, 0.6) is 0 Å². The number of unbranched alkanes of at least 4 members (excludes halogenated alkanes) is 1. The second-order valence-electron chi connectivity index (χ2n) is 7.99. The van der Waals surface area contributed by atoms with Crippen LogP contribution in [0.4, 0.5) is 5.69 Å². The van der Waals surface area contributed by atoms with E-state index in [0.717, 1.165) is 49.3 Å². The molecule has 1 aromatic rings. The van der Waals surface area contributed by atoms with Gasteiger partial charge in [-0.1, -0.05) is 25.5 Å². The van der Waals surface area contributed by atoms with Crippen molar-refractivity contribution < 1.29 is 9.59 Å². The molecule has 6 heteroatoms. The fourth-order valence-corrected chi connectivity index (χ4v) is 3.80. The summed E-state index contributed by atoms with van der Waals surface area (Å²) in [5, 5.41) is 8.99. The minimum Gasteiger partial charge on any atom is -0.348 e. The molecule has 0 bridgehead atoms. The van der Waals surface area contributed by atoms with E-state index in [1.165, 1.54) is 17.9 Å². The molecule has 2 aliphatic rings. The molecule has 152 valence electrons. The summed E-state index contributed by atoms with van der Waals surface area (Å²) >= 11 is 0. The van der Waals surface area contributed by atoms with Crippen LogP contribution in [0.3, 0.4) is 0 Å². The Labute approximate surface area is 168 Å². The van der Waals surface area contributed by atoms with Crippen molar-refractivity contribution in [1.82, 2.24) is 10.2 Å². The number of amides is 2. The van der Waals surface area contributed by atoms with E-state index >= 15 is 0 Å². The molecule has 1 saturated heterocycles. The molecule has 1 aromatic carbocycles. The molecule has 0 aliphatic carbocycles. The predicted octanol–water partition coefficient (Wildman–Crippen LogP) is 3.17. The molecule has 3 rings (SSSR count). The van der Waals surface area contributed by atoms with E-state index in [0.29, 0.717) is 18.6 Å². The first-order valence-corrected chi connectivity index (χ1v) is 10.5. The lowest BCUT2D eigenvalue weighted by atomic mass is 10.0. The maximum atomic E-state index is 12.8. The summed E-state index contributed by atoms with van der Waals surface area (Å²) < 4.78 is 0. The Hall–Kier alpha value is -2.21. The van der Waals surface area contributed by atoms with Crippen molar-refractivity contribution in [3.05, 3.63) is 29.3 Å². The van der Waals surface area contributed by atoms with Gasteiger partial charge in [-0.05, 0) is 56.8 Å². The van der Waals surface area contributed by atoms with Gasteiger partial charge >= 0.3 is 0 Å². The number of carbonyl (C=O) groups is 2. The lowest BCUT2D eigenvalue weighted by Gasteiger charge is -2.32. The Balaban J connectivity index is 1.63. The summed E-state index contributed by atoms with van der Waals surface area (Å²) in [4.78, 5) is 27.7. The van der Waals surface area contributed by atoms with Gasteiger partial charge in [0.1, 0.15) is 5.71 Å². The van der Waals surface area contributed by atoms with Gasteiger partial charge in [0, 0.05) is 32.0 Å². The molecule has 0 spiro atoms. The van der Waals surface area contributed by atoms with E-state index < -0.39 is 0 Å². The van der Waals surface area contributed by atoms with Crippen LogP contribution in [0.2, 0.25) is 0 Å². The Morgan fingerprint density at radius 3 is 2.68 bits per heavy atom. The summed E-state index contributed by atoms with van der Waals surface area (Å²) in [6, 6.07) is 6.13. The van der Waals surface area contributed by atoms with Gasteiger partial charge in [0.05, 0.1) is 5.69 Å². The number of nitrogens with one attached hydrogen (secondary N) is 1. The monoisotopic (exact) mass is 384 g/mol. The van der Waals surface area contributed by atoms with Crippen LogP contribution in [0, 0.1) is 13.8 Å². The normalized spacial score (nSPS) is 18.9. The van der Waals surface area contributed by atoms with Crippen LogP contribution in [-0.4, -0.2) is 48.1 Å². The van der Waals surface area contributed by atoms with Gasteiger partial charge in [-0.15, -0.1) is 0 Å². The molecule has 0 aromatic heterocycles. The first-order valence-electron chi connectivity index (χ1n) is 10.5. The third-order valence-electron chi connectivity index (χ3n) is 5.64. The van der Waals surface area contributed by atoms with Gasteiger partial charge in [-0.2, -0.15) is 5.10 Å². The minimum atomic E-state index is -0.130. The molecule has 2 heterocycles. The number of anilines is 1. The van der Waals surface area contributed by atoms with Gasteiger partial charge < -0.3 is 10.2 Å². The van der Waals surface area contributed by atoms with Crippen LogP contribution < -0.4 is 10.3 Å². The largest absolute Gasteiger partial charge is 0.348 e. The van der Waals surface area contributed by atoms with Crippen molar-refractivity contribution >= 4 is 23.2 Å². The van der Waals surface area contributed by atoms with E-state index in [1.807, 2.05) is 32.0 Å². The van der Waals surface area contributed by atoms with Crippen LogP contribution in [0.1, 0.15) is 56.6 Å². The number of nitrogens with zero attached hydrogens (tertiary/aromatic N) is 3. The van der Waals surface area contributed by atoms with E-state index in [2.05, 4.69) is 22.2 Å². The van der Waals surface area contributed by atoms with Crippen LogP contribution in [0.15, 0.2) is 23.3 Å². The Morgan fingerprint density at radius 2 is 1.96 bits per heavy atom. The van der Waals surface area contributed by atoms with Gasteiger partial charge in [0.15, 0.2) is 0 Å². The Bertz CT molecular complexity index is 751. The zero-order valence-corrected chi connectivity index (χ0v) is 17.3. The maximum Gasteiger partial charge on any atom is 0.267 e. The molecule has 2 aliphatic heterocycles. The van der Waals surface area contributed by atoms with Gasteiger partial charge in [-0.25, -0.2) is 5.01 Å². The number of likely N-dealkylation sites (tertiary alicyclic amines) is 1. The van der Waals surface area contributed by atoms with E-state index in [-0.39, 0.29) is 17.9 Å². The standard InChI is InChI=1S/C22H32N4O2/c1-4-5-12-25-13-10-18(11-14-25)23-22(28)19-8-9-21(27)26(24-19)20-15-16(2)6-7-17(20)3/h6-7,15,18H,4-5,8-14H2,1-3H3,(H,23,28). The van der Waals surface area contributed by atoms with Crippen LogP contribution >= 0.6 is 0 Å². The van der Waals surface area contributed by atoms with Crippen molar-refractivity contribution in [3.8, 4) is 0 Å². The van der Waals surface area contributed by atoms with Gasteiger partial charge in [-0.3, -0.25) is 9.59 Å². The summed E-state index contributed by atoms with van der Waals surface area (Å²) in [5.74, 6) is -0.190. The molecule has 0 unspecified atom stereocenters. The molecule has 1 fully saturated rings. The topological polar surface area (TPSA) is 65.0 Å². The summed E-state index contributed by atoms with van der Waals surface area (Å²) in [6.45, 7) is 9.37. The Kier molecular flexibility index (Phi) is 6.83. The van der Waals surface area contributed by atoms with Crippen molar-refractivity contribution in [2.45, 2.75) is 65.3 Å². The highest BCUT2D eigenvalue weighted by Gasteiger charge is 2.28. The van der Waals surface area contributed by atoms with Crippen molar-refractivity contribution in [1.29, 1.82) is 0 Å². The Morgan fingerprint density at radius 1 is 1.21 bits per heavy atom. The molecule has 6 nitrogen and oxygen atoms in total. The summed E-state index contributed by atoms with van der Waals surface area (Å²) in [5.41, 5.74) is 3.26. The fraction of sp³-hybridized carbons (Fsp3) is 0.591. The third kappa shape index (κ3) is 4.98. The second-order valence-corrected chi connectivity index (χ2v) is 7.99. The zero-order chi connectivity index (χ0) is 20.1. The lowest BCUT2D eigenvalue weighted by Crippen LogP contribution is -2.48. The van der Waals surface area contributed by atoms with Gasteiger partial charge in [0.25, 0.3) is 5.91 Å². The number of hydrazone groups is 1. The molecule has 2 amide bonds. The molecular weight excluding hydrogens is 352 g/mol. The van der Waals surface area contributed by atoms with E-state index in [9.17, 15) is 9.59 Å². The highest BCUT2D eigenvalue weighted by molar-refractivity contribution is 6.40. The van der Waals surface area contributed by atoms with Crippen molar-refractivity contribution in [3.63, 3.8) is 0 Å². The maximum absolute atomic E-state index is 12.8. The summed E-state index contributed by atoms with van der Waals surface area (Å²) in [7, 11) is 0. The predicted molar refractivity (Wildman–Crippen MR) is 113 cm³/mol. The molecular formula is C22H32N4O2. The SMILES string of the molecule is CCCCN1CCC(NC(=O)C2=NN(c3cc(C)ccc3C)C(=O)CC2)CC1. The second kappa shape index (κ2) is 9.32. The number of rotatable bonds is 6. The zero-order valence-electron chi connectivity index (χ0n) is 17.3. The molecule has 28 heavy (non-hydrogen) atoms. The molecule has 0 atom stereocenters. The highest BCUT2D eigenvalue weighted by Crippen LogP contribution is 2.25. The highest BCUT2D eigenvalue weighted by atomic mass is 16.2. The smallest absolute Gasteiger partial charge is 0.267 e.